The van der Waals surface area contributed by atoms with Crippen LogP contribution >= 0.6 is 0 Å². The fourth-order valence-corrected chi connectivity index (χ4v) is 1.60. The molecule has 0 aliphatic carbocycles. The number of nitrogens with one attached hydrogen (secondary N) is 1. The maximum absolute atomic E-state index is 8.85. The molecule has 0 aliphatic heterocycles. The molecule has 0 aromatic rings. The summed E-state index contributed by atoms with van der Waals surface area (Å²) in [5, 5.41) is 12.2. The van der Waals surface area contributed by atoms with Crippen LogP contribution in [-0.4, -0.2) is 24.3 Å². The Morgan fingerprint density at radius 2 is 1.91 bits per heavy atom. The molecule has 0 amide bonds. The third-order valence-electron chi connectivity index (χ3n) is 2.53. The standard InChI is InChI=1S/C9H21NO/c1-4-6-9(5-2,10-3)7-8-11/h10-11H,4-8H2,1-3H3. The van der Waals surface area contributed by atoms with Gasteiger partial charge in [0, 0.05) is 12.1 Å². The summed E-state index contributed by atoms with van der Waals surface area (Å²) in [7, 11) is 1.98. The lowest BCUT2D eigenvalue weighted by molar-refractivity contribution is 0.201. The highest BCUT2D eigenvalue weighted by atomic mass is 16.3. The largest absolute Gasteiger partial charge is 0.396 e. The van der Waals surface area contributed by atoms with Crippen molar-refractivity contribution >= 4 is 0 Å². The Morgan fingerprint density at radius 1 is 1.27 bits per heavy atom. The van der Waals surface area contributed by atoms with Crippen molar-refractivity contribution in [2.24, 2.45) is 0 Å². The third kappa shape index (κ3) is 3.21. The van der Waals surface area contributed by atoms with Gasteiger partial charge >= 0.3 is 0 Å². The minimum atomic E-state index is 0.184. The summed E-state index contributed by atoms with van der Waals surface area (Å²) >= 11 is 0. The first-order valence-electron chi connectivity index (χ1n) is 4.54. The molecule has 0 aromatic heterocycles. The van der Waals surface area contributed by atoms with Gasteiger partial charge in [-0.05, 0) is 26.3 Å². The fraction of sp³-hybridized carbons (Fsp3) is 1.00. The highest BCUT2D eigenvalue weighted by Gasteiger charge is 2.23. The zero-order valence-electron chi connectivity index (χ0n) is 7.98. The van der Waals surface area contributed by atoms with Crippen LogP contribution in [-0.2, 0) is 0 Å². The lowest BCUT2D eigenvalue weighted by Gasteiger charge is -2.31. The zero-order chi connectivity index (χ0) is 8.74. The summed E-state index contributed by atoms with van der Waals surface area (Å²) in [4.78, 5) is 0. The number of hydrogen-bond donors (Lipinski definition) is 2. The summed E-state index contributed by atoms with van der Waals surface area (Å²) < 4.78 is 0. The average Bonchev–Trinajstić information content (AvgIpc) is 2.04. The number of aliphatic hydroxyl groups is 1. The molecule has 0 rings (SSSR count). The third-order valence-corrected chi connectivity index (χ3v) is 2.53. The maximum atomic E-state index is 8.85. The molecule has 2 nitrogen and oxygen atoms in total. The van der Waals surface area contributed by atoms with Crippen molar-refractivity contribution in [2.75, 3.05) is 13.7 Å². The number of hydrogen-bond acceptors (Lipinski definition) is 2. The molecule has 0 fully saturated rings. The molecule has 0 saturated heterocycles. The smallest absolute Gasteiger partial charge is 0.0448 e. The van der Waals surface area contributed by atoms with Crippen LogP contribution in [0, 0.1) is 0 Å². The van der Waals surface area contributed by atoms with Crippen molar-refractivity contribution in [1.29, 1.82) is 0 Å². The van der Waals surface area contributed by atoms with Crippen LogP contribution in [0.25, 0.3) is 0 Å². The van der Waals surface area contributed by atoms with Crippen molar-refractivity contribution in [3.05, 3.63) is 0 Å². The predicted octanol–water partition coefficient (Wildman–Crippen LogP) is 1.54. The van der Waals surface area contributed by atoms with Gasteiger partial charge in [-0.25, -0.2) is 0 Å². The monoisotopic (exact) mass is 159 g/mol. The molecule has 68 valence electrons. The van der Waals surface area contributed by atoms with E-state index in [-0.39, 0.29) is 12.1 Å². The average molecular weight is 159 g/mol. The molecule has 0 aliphatic rings. The Kier molecular flexibility index (Phi) is 5.51. The Balaban J connectivity index is 3.96. The second-order valence-electron chi connectivity index (χ2n) is 3.11. The summed E-state index contributed by atoms with van der Waals surface area (Å²) in [6, 6.07) is 0. The maximum Gasteiger partial charge on any atom is 0.0448 e. The first-order valence-corrected chi connectivity index (χ1v) is 4.54. The molecule has 1 atom stereocenters. The topological polar surface area (TPSA) is 32.3 Å². The van der Waals surface area contributed by atoms with Crippen molar-refractivity contribution in [3.8, 4) is 0 Å². The molecule has 0 spiro atoms. The Morgan fingerprint density at radius 3 is 2.18 bits per heavy atom. The molecule has 0 aromatic carbocycles. The van der Waals surface area contributed by atoms with Crippen LogP contribution < -0.4 is 5.32 Å². The van der Waals surface area contributed by atoms with Gasteiger partial charge in [-0.3, -0.25) is 0 Å². The van der Waals surface area contributed by atoms with E-state index in [9.17, 15) is 0 Å². The second kappa shape index (κ2) is 5.56. The Bertz CT molecular complexity index is 81.6. The van der Waals surface area contributed by atoms with Crippen molar-refractivity contribution < 1.29 is 5.11 Å². The molecular formula is C9H21NO. The van der Waals surface area contributed by atoms with Crippen LogP contribution in [0.3, 0.4) is 0 Å². The van der Waals surface area contributed by atoms with E-state index in [2.05, 4.69) is 19.2 Å². The van der Waals surface area contributed by atoms with E-state index in [1.165, 1.54) is 6.42 Å². The lowest BCUT2D eigenvalue weighted by Crippen LogP contribution is -2.43. The van der Waals surface area contributed by atoms with Gasteiger partial charge in [0.15, 0.2) is 0 Å². The Hall–Kier alpha value is -0.0800. The number of aliphatic hydroxyl groups excluding tert-OH is 1. The minimum absolute atomic E-state index is 0.184. The normalized spacial score (nSPS) is 16.4. The van der Waals surface area contributed by atoms with Gasteiger partial charge in [0.05, 0.1) is 0 Å². The second-order valence-corrected chi connectivity index (χ2v) is 3.11. The van der Waals surface area contributed by atoms with Crippen molar-refractivity contribution in [3.63, 3.8) is 0 Å². The summed E-state index contributed by atoms with van der Waals surface area (Å²) in [5.74, 6) is 0. The molecule has 2 N–H and O–H groups in total. The van der Waals surface area contributed by atoms with E-state index >= 15 is 0 Å². The van der Waals surface area contributed by atoms with Gasteiger partial charge in [0.25, 0.3) is 0 Å². The highest BCUT2D eigenvalue weighted by molar-refractivity contribution is 4.84. The highest BCUT2D eigenvalue weighted by Crippen LogP contribution is 2.20. The van der Waals surface area contributed by atoms with Crippen LogP contribution in [0.2, 0.25) is 0 Å². The minimum Gasteiger partial charge on any atom is -0.396 e. The molecule has 0 saturated carbocycles. The predicted molar refractivity (Wildman–Crippen MR) is 48.7 cm³/mol. The SMILES string of the molecule is CCCC(CC)(CCO)NC. The van der Waals surface area contributed by atoms with E-state index in [0.29, 0.717) is 0 Å². The molecule has 0 heterocycles. The summed E-state index contributed by atoms with van der Waals surface area (Å²) in [6.45, 7) is 4.63. The summed E-state index contributed by atoms with van der Waals surface area (Å²) in [5.41, 5.74) is 0.184. The van der Waals surface area contributed by atoms with E-state index in [4.69, 9.17) is 5.11 Å². The van der Waals surface area contributed by atoms with Crippen molar-refractivity contribution in [1.82, 2.24) is 5.32 Å². The number of rotatable bonds is 6. The summed E-state index contributed by atoms with van der Waals surface area (Å²) in [6.07, 6.45) is 4.29. The fourth-order valence-electron chi connectivity index (χ4n) is 1.60. The molecule has 2 heteroatoms. The van der Waals surface area contributed by atoms with Crippen LogP contribution in [0.1, 0.15) is 39.5 Å². The molecule has 0 bridgehead atoms. The van der Waals surface area contributed by atoms with E-state index in [0.717, 1.165) is 19.3 Å². The lowest BCUT2D eigenvalue weighted by atomic mass is 9.88. The van der Waals surface area contributed by atoms with Crippen molar-refractivity contribution in [2.45, 2.75) is 45.1 Å². The van der Waals surface area contributed by atoms with Gasteiger partial charge in [-0.15, -0.1) is 0 Å². The van der Waals surface area contributed by atoms with Crippen LogP contribution in [0.4, 0.5) is 0 Å². The van der Waals surface area contributed by atoms with Gasteiger partial charge in [0.2, 0.25) is 0 Å². The first-order chi connectivity index (χ1) is 5.24. The van der Waals surface area contributed by atoms with E-state index in [1.54, 1.807) is 0 Å². The Labute approximate surface area is 70.0 Å². The van der Waals surface area contributed by atoms with E-state index < -0.39 is 0 Å². The van der Waals surface area contributed by atoms with Gasteiger partial charge in [-0.1, -0.05) is 20.3 Å². The van der Waals surface area contributed by atoms with E-state index in [1.807, 2.05) is 7.05 Å². The zero-order valence-corrected chi connectivity index (χ0v) is 7.98. The first kappa shape index (κ1) is 10.9. The quantitative estimate of drug-likeness (QED) is 0.616. The molecular weight excluding hydrogens is 138 g/mol. The van der Waals surface area contributed by atoms with Gasteiger partial charge in [0.1, 0.15) is 0 Å². The van der Waals surface area contributed by atoms with Crippen LogP contribution in [0.15, 0.2) is 0 Å². The molecule has 1 unspecified atom stereocenters. The van der Waals surface area contributed by atoms with Gasteiger partial charge < -0.3 is 10.4 Å². The van der Waals surface area contributed by atoms with Gasteiger partial charge in [-0.2, -0.15) is 0 Å². The molecule has 11 heavy (non-hydrogen) atoms. The molecule has 0 radical (unpaired) electrons. The van der Waals surface area contributed by atoms with Crippen LogP contribution in [0.5, 0.6) is 0 Å².